The Bertz CT molecular complexity index is 60.0. The topological polar surface area (TPSA) is 20.2 Å². The molecule has 1 N–H and O–H groups in total. The first-order valence-electron chi connectivity index (χ1n) is 1.74. The molecule has 0 rings (SSSR count). The third-order valence-corrected chi connectivity index (χ3v) is 0.483. The zero-order valence-electron chi connectivity index (χ0n) is 5.06. The van der Waals surface area contributed by atoms with Gasteiger partial charge in [0.15, 0.2) is 0 Å². The van der Waals surface area contributed by atoms with Crippen molar-refractivity contribution in [3.8, 4) is 0 Å². The molecule has 0 unspecified atom stereocenters. The molecule has 0 aliphatic rings. The number of aliphatic hydroxyl groups excluding tert-OH is 1. The first-order valence-corrected chi connectivity index (χ1v) is 1.74. The van der Waals surface area contributed by atoms with Crippen molar-refractivity contribution in [2.45, 2.75) is 6.10 Å². The quantitative estimate of drug-likeness (QED) is 0.391. The van der Waals surface area contributed by atoms with E-state index in [4.69, 9.17) is 5.11 Å². The molecule has 0 radical (unpaired) electrons. The maximum absolute atomic E-state index is 8.43. The summed E-state index contributed by atoms with van der Waals surface area (Å²) in [6.07, 6.45) is 2.28. The van der Waals surface area contributed by atoms with Crippen LogP contribution in [0.15, 0.2) is 25.3 Å². The van der Waals surface area contributed by atoms with Crippen molar-refractivity contribution in [3.63, 3.8) is 0 Å². The molecule has 1 nitrogen and oxygen atoms in total. The Hall–Kier alpha value is 1.17. The average molecular weight is 268 g/mol. The summed E-state index contributed by atoms with van der Waals surface area (Å²) in [6, 6.07) is 0. The van der Waals surface area contributed by atoms with Gasteiger partial charge in [-0.3, -0.25) is 0 Å². The maximum Gasteiger partial charge on any atom is 2.00 e. The van der Waals surface area contributed by atoms with Crippen LogP contribution in [0.1, 0.15) is 0 Å². The summed E-state index contributed by atoms with van der Waals surface area (Å²) < 4.78 is 0. The fraction of sp³-hybridized carbons (Fsp3) is 0.200. The molecule has 0 fully saturated rings. The summed E-state index contributed by atoms with van der Waals surface area (Å²) in [5.41, 5.74) is 0. The second-order valence-corrected chi connectivity index (χ2v) is 0.962. The van der Waals surface area contributed by atoms with Gasteiger partial charge in [-0.2, -0.15) is 0 Å². The van der Waals surface area contributed by atoms with E-state index in [1.165, 1.54) is 12.2 Å². The largest absolute Gasteiger partial charge is 2.00 e. The predicted octanol–water partition coefficient (Wildman–Crippen LogP) is -5.65. The SMILES string of the molecule is C=CC(O)C=C.[Br-].[Br-].[Mg+2]. The van der Waals surface area contributed by atoms with E-state index in [-0.39, 0.29) is 57.0 Å². The van der Waals surface area contributed by atoms with E-state index in [1.54, 1.807) is 0 Å². The molecule has 4 heteroatoms. The van der Waals surface area contributed by atoms with Gasteiger partial charge in [0.25, 0.3) is 0 Å². The minimum absolute atomic E-state index is 0. The van der Waals surface area contributed by atoms with Crippen LogP contribution < -0.4 is 34.0 Å². The van der Waals surface area contributed by atoms with Crippen molar-refractivity contribution in [2.75, 3.05) is 0 Å². The molecule has 0 aliphatic carbocycles. The first kappa shape index (κ1) is 22.5. The molecule has 0 aromatic heterocycles. The summed E-state index contributed by atoms with van der Waals surface area (Å²) in [6.45, 7) is 6.62. The van der Waals surface area contributed by atoms with Crippen molar-refractivity contribution in [3.05, 3.63) is 25.3 Å². The monoisotopic (exact) mass is 266 g/mol. The standard InChI is InChI=1S/C5H8O.2BrH.Mg/c1-3-5(6)4-2;;;/h3-6H,1-2H2;2*1H;/q;;;+2/p-2. The van der Waals surface area contributed by atoms with Crippen molar-refractivity contribution in [1.82, 2.24) is 0 Å². The molecule has 0 spiro atoms. The van der Waals surface area contributed by atoms with Gasteiger partial charge in [0, 0.05) is 0 Å². The third-order valence-electron chi connectivity index (χ3n) is 0.483. The molecule has 0 amide bonds. The third kappa shape index (κ3) is 17.6. The Morgan fingerprint density at radius 2 is 1.33 bits per heavy atom. The predicted molar refractivity (Wildman–Crippen MR) is 32.2 cm³/mol. The van der Waals surface area contributed by atoms with E-state index in [9.17, 15) is 0 Å². The van der Waals surface area contributed by atoms with Crippen molar-refractivity contribution in [1.29, 1.82) is 0 Å². The molecule has 0 aromatic carbocycles. The minimum atomic E-state index is -0.537. The van der Waals surface area contributed by atoms with E-state index in [2.05, 4.69) is 13.2 Å². The number of hydrogen-bond donors (Lipinski definition) is 1. The summed E-state index contributed by atoms with van der Waals surface area (Å²) in [5, 5.41) is 8.43. The van der Waals surface area contributed by atoms with Gasteiger partial charge < -0.3 is 39.1 Å². The van der Waals surface area contributed by atoms with Crippen LogP contribution in [0.2, 0.25) is 0 Å². The van der Waals surface area contributed by atoms with Gasteiger partial charge in [0.05, 0.1) is 6.10 Å². The van der Waals surface area contributed by atoms with Gasteiger partial charge >= 0.3 is 23.1 Å². The van der Waals surface area contributed by atoms with Crippen LogP contribution in [0.3, 0.4) is 0 Å². The molecule has 0 heterocycles. The Morgan fingerprint density at radius 1 is 1.11 bits per heavy atom. The van der Waals surface area contributed by atoms with Gasteiger partial charge in [-0.15, -0.1) is 13.2 Å². The summed E-state index contributed by atoms with van der Waals surface area (Å²) in [4.78, 5) is 0. The van der Waals surface area contributed by atoms with Crippen LogP contribution in [-0.4, -0.2) is 34.3 Å². The van der Waals surface area contributed by atoms with Gasteiger partial charge in [0.2, 0.25) is 0 Å². The summed E-state index contributed by atoms with van der Waals surface area (Å²) >= 11 is 0. The fourth-order valence-corrected chi connectivity index (χ4v) is 0.0962. The van der Waals surface area contributed by atoms with Crippen molar-refractivity contribution in [2.24, 2.45) is 0 Å². The summed E-state index contributed by atoms with van der Waals surface area (Å²) in [7, 11) is 0. The van der Waals surface area contributed by atoms with Crippen molar-refractivity contribution >= 4 is 23.1 Å². The molecule has 9 heavy (non-hydrogen) atoms. The Kier molecular flexibility index (Phi) is 40.1. The number of aliphatic hydroxyl groups is 1. The Labute approximate surface area is 92.9 Å². The van der Waals surface area contributed by atoms with Gasteiger partial charge in [-0.25, -0.2) is 0 Å². The smallest absolute Gasteiger partial charge is 1.00 e. The fourth-order valence-electron chi connectivity index (χ4n) is 0.0962. The van der Waals surface area contributed by atoms with Crippen LogP contribution >= 0.6 is 0 Å². The van der Waals surface area contributed by atoms with Crippen LogP contribution in [0, 0.1) is 0 Å². The van der Waals surface area contributed by atoms with Crippen LogP contribution in [-0.2, 0) is 0 Å². The molecule has 0 aliphatic heterocycles. The molecule has 0 bridgehead atoms. The van der Waals surface area contributed by atoms with E-state index >= 15 is 0 Å². The van der Waals surface area contributed by atoms with Gasteiger partial charge in [-0.05, 0) is 0 Å². The van der Waals surface area contributed by atoms with E-state index in [1.807, 2.05) is 0 Å². The van der Waals surface area contributed by atoms with E-state index < -0.39 is 6.10 Å². The molecule has 0 saturated carbocycles. The van der Waals surface area contributed by atoms with Crippen LogP contribution in [0.5, 0.6) is 0 Å². The maximum atomic E-state index is 8.43. The number of halogens is 2. The average Bonchev–Trinajstić information content (AvgIpc) is 1.65. The van der Waals surface area contributed by atoms with E-state index in [0.29, 0.717) is 0 Å². The molecular formula is C5H8Br2MgO. The zero-order valence-corrected chi connectivity index (χ0v) is 9.64. The zero-order chi connectivity index (χ0) is 4.99. The molecule has 50 valence electrons. The Balaban J connectivity index is -0.0000000417. The van der Waals surface area contributed by atoms with Crippen LogP contribution in [0.25, 0.3) is 0 Å². The van der Waals surface area contributed by atoms with E-state index in [0.717, 1.165) is 0 Å². The normalized spacial score (nSPS) is 5.56. The molecule has 0 atom stereocenters. The summed E-state index contributed by atoms with van der Waals surface area (Å²) in [5.74, 6) is 0. The minimum Gasteiger partial charge on any atom is -1.00 e. The second kappa shape index (κ2) is 16.1. The van der Waals surface area contributed by atoms with Gasteiger partial charge in [-0.1, -0.05) is 12.2 Å². The second-order valence-electron chi connectivity index (χ2n) is 0.962. The number of hydrogen-bond acceptors (Lipinski definition) is 1. The van der Waals surface area contributed by atoms with Crippen LogP contribution in [0.4, 0.5) is 0 Å². The first-order chi connectivity index (χ1) is 2.81. The molecular weight excluding hydrogens is 260 g/mol. The molecule has 0 saturated heterocycles. The number of rotatable bonds is 2. The van der Waals surface area contributed by atoms with Gasteiger partial charge in [0.1, 0.15) is 0 Å². The molecule has 0 aromatic rings. The van der Waals surface area contributed by atoms with Crippen molar-refractivity contribution < 1.29 is 39.1 Å². The Morgan fingerprint density at radius 3 is 1.33 bits per heavy atom.